The van der Waals surface area contributed by atoms with Gasteiger partial charge in [0.1, 0.15) is 12.4 Å². The van der Waals surface area contributed by atoms with E-state index >= 15 is 0 Å². The van der Waals surface area contributed by atoms with Gasteiger partial charge in [0, 0.05) is 5.02 Å². The standard InChI is InChI=1S/C16H22ClNO3/c1-18-8-6-12(7-9-18)15(16(19)20-2)11-21-14-5-3-4-13(17)10-14/h3-5,10,12,15H,6-9,11H2,1-2H3. The fourth-order valence-corrected chi connectivity index (χ4v) is 2.90. The molecular weight excluding hydrogens is 290 g/mol. The molecule has 0 aliphatic carbocycles. The third kappa shape index (κ3) is 4.61. The van der Waals surface area contributed by atoms with Gasteiger partial charge in [-0.2, -0.15) is 0 Å². The second kappa shape index (κ2) is 7.66. The Morgan fingerprint density at radius 3 is 2.76 bits per heavy atom. The summed E-state index contributed by atoms with van der Waals surface area (Å²) in [5, 5.41) is 0.626. The largest absolute Gasteiger partial charge is 0.493 e. The summed E-state index contributed by atoms with van der Waals surface area (Å²) < 4.78 is 10.7. The van der Waals surface area contributed by atoms with Gasteiger partial charge >= 0.3 is 5.97 Å². The SMILES string of the molecule is COC(=O)C(COc1cccc(Cl)c1)C1CCN(C)CC1. The Kier molecular flexibility index (Phi) is 5.88. The van der Waals surface area contributed by atoms with Crippen LogP contribution in [0.25, 0.3) is 0 Å². The summed E-state index contributed by atoms with van der Waals surface area (Å²) >= 11 is 5.94. The van der Waals surface area contributed by atoms with Crippen molar-refractivity contribution in [1.82, 2.24) is 4.90 Å². The van der Waals surface area contributed by atoms with Gasteiger partial charge < -0.3 is 14.4 Å². The smallest absolute Gasteiger partial charge is 0.312 e. The number of halogens is 1. The lowest BCUT2D eigenvalue weighted by atomic mass is 9.85. The molecule has 1 heterocycles. The van der Waals surface area contributed by atoms with E-state index in [1.54, 1.807) is 12.1 Å². The van der Waals surface area contributed by atoms with Gasteiger partial charge in [-0.3, -0.25) is 4.79 Å². The molecule has 4 nitrogen and oxygen atoms in total. The van der Waals surface area contributed by atoms with Crippen LogP contribution in [0, 0.1) is 11.8 Å². The van der Waals surface area contributed by atoms with Crippen LogP contribution in [-0.4, -0.2) is 44.7 Å². The number of likely N-dealkylation sites (tertiary alicyclic amines) is 1. The molecule has 1 saturated heterocycles. The predicted molar refractivity (Wildman–Crippen MR) is 82.7 cm³/mol. The fraction of sp³-hybridized carbons (Fsp3) is 0.562. The number of hydrogen-bond donors (Lipinski definition) is 0. The Morgan fingerprint density at radius 2 is 2.14 bits per heavy atom. The van der Waals surface area contributed by atoms with Crippen LogP contribution in [-0.2, 0) is 9.53 Å². The molecule has 0 spiro atoms. The molecule has 116 valence electrons. The van der Waals surface area contributed by atoms with Crippen molar-refractivity contribution in [3.05, 3.63) is 29.3 Å². The van der Waals surface area contributed by atoms with Crippen molar-refractivity contribution in [2.24, 2.45) is 11.8 Å². The van der Waals surface area contributed by atoms with Crippen LogP contribution >= 0.6 is 11.6 Å². The minimum atomic E-state index is -0.220. The van der Waals surface area contributed by atoms with Crippen molar-refractivity contribution in [3.8, 4) is 5.75 Å². The first kappa shape index (κ1) is 16.1. The molecule has 5 heteroatoms. The zero-order valence-corrected chi connectivity index (χ0v) is 13.3. The van der Waals surface area contributed by atoms with E-state index in [2.05, 4.69) is 11.9 Å². The number of nitrogens with zero attached hydrogens (tertiary/aromatic N) is 1. The van der Waals surface area contributed by atoms with Gasteiger partial charge in [0.15, 0.2) is 0 Å². The highest BCUT2D eigenvalue weighted by molar-refractivity contribution is 6.30. The Bertz CT molecular complexity index is 472. The van der Waals surface area contributed by atoms with Crippen LogP contribution in [0.5, 0.6) is 5.75 Å². The Balaban J connectivity index is 1.98. The molecule has 0 amide bonds. The molecule has 1 aliphatic rings. The summed E-state index contributed by atoms with van der Waals surface area (Å²) in [6, 6.07) is 7.23. The number of ether oxygens (including phenoxy) is 2. The topological polar surface area (TPSA) is 38.8 Å². The van der Waals surface area contributed by atoms with Crippen LogP contribution in [0.4, 0.5) is 0 Å². The van der Waals surface area contributed by atoms with Gasteiger partial charge in [0.25, 0.3) is 0 Å². The van der Waals surface area contributed by atoms with Crippen molar-refractivity contribution in [2.75, 3.05) is 33.9 Å². The maximum Gasteiger partial charge on any atom is 0.312 e. The van der Waals surface area contributed by atoms with Gasteiger partial charge in [-0.1, -0.05) is 17.7 Å². The van der Waals surface area contributed by atoms with E-state index in [9.17, 15) is 4.79 Å². The molecule has 0 bridgehead atoms. The maximum atomic E-state index is 12.0. The van der Waals surface area contributed by atoms with Crippen LogP contribution in [0.1, 0.15) is 12.8 Å². The number of benzene rings is 1. The van der Waals surface area contributed by atoms with Crippen molar-refractivity contribution >= 4 is 17.6 Å². The lowest BCUT2D eigenvalue weighted by Gasteiger charge is -2.32. The highest BCUT2D eigenvalue weighted by Gasteiger charge is 2.32. The number of hydrogen-bond acceptors (Lipinski definition) is 4. The third-order valence-corrected chi connectivity index (χ3v) is 4.30. The van der Waals surface area contributed by atoms with Crippen molar-refractivity contribution in [2.45, 2.75) is 12.8 Å². The molecule has 0 radical (unpaired) electrons. The van der Waals surface area contributed by atoms with E-state index in [0.717, 1.165) is 25.9 Å². The number of esters is 1. The summed E-state index contributed by atoms with van der Waals surface area (Å²) in [7, 11) is 3.54. The molecule has 1 unspecified atom stereocenters. The fourth-order valence-electron chi connectivity index (χ4n) is 2.72. The van der Waals surface area contributed by atoms with Gasteiger partial charge in [0.2, 0.25) is 0 Å². The normalized spacial score (nSPS) is 18.2. The van der Waals surface area contributed by atoms with Gasteiger partial charge in [0.05, 0.1) is 13.0 Å². The van der Waals surface area contributed by atoms with Crippen molar-refractivity contribution in [3.63, 3.8) is 0 Å². The lowest BCUT2D eigenvalue weighted by Crippen LogP contribution is -2.38. The van der Waals surface area contributed by atoms with Crippen LogP contribution in [0.2, 0.25) is 5.02 Å². The molecule has 1 atom stereocenters. The molecule has 0 aromatic heterocycles. The van der Waals surface area contributed by atoms with Crippen LogP contribution in [0.3, 0.4) is 0 Å². The molecular formula is C16H22ClNO3. The second-order valence-corrected chi connectivity index (χ2v) is 5.98. The number of methoxy groups -OCH3 is 1. The number of piperidine rings is 1. The quantitative estimate of drug-likeness (QED) is 0.784. The predicted octanol–water partition coefficient (Wildman–Crippen LogP) is 2.85. The Morgan fingerprint density at radius 1 is 1.43 bits per heavy atom. The molecule has 0 saturated carbocycles. The maximum absolute atomic E-state index is 12.0. The average Bonchev–Trinajstić information content (AvgIpc) is 2.49. The minimum absolute atomic E-state index is 0.188. The van der Waals surface area contributed by atoms with E-state index in [0.29, 0.717) is 23.3 Å². The molecule has 1 fully saturated rings. The number of rotatable bonds is 5. The zero-order valence-electron chi connectivity index (χ0n) is 12.5. The molecule has 21 heavy (non-hydrogen) atoms. The minimum Gasteiger partial charge on any atom is -0.493 e. The van der Waals surface area contributed by atoms with Crippen LogP contribution in [0.15, 0.2) is 24.3 Å². The first-order chi connectivity index (χ1) is 10.1. The van der Waals surface area contributed by atoms with E-state index < -0.39 is 0 Å². The molecule has 1 aromatic carbocycles. The zero-order chi connectivity index (χ0) is 15.2. The first-order valence-electron chi connectivity index (χ1n) is 7.25. The highest BCUT2D eigenvalue weighted by Crippen LogP contribution is 2.27. The summed E-state index contributed by atoms with van der Waals surface area (Å²) in [6.45, 7) is 2.35. The summed E-state index contributed by atoms with van der Waals surface area (Å²) in [6.07, 6.45) is 1.99. The monoisotopic (exact) mass is 311 g/mol. The Hall–Kier alpha value is -1.26. The molecule has 2 rings (SSSR count). The van der Waals surface area contributed by atoms with E-state index in [4.69, 9.17) is 21.1 Å². The van der Waals surface area contributed by atoms with Gasteiger partial charge in [-0.25, -0.2) is 0 Å². The van der Waals surface area contributed by atoms with E-state index in [-0.39, 0.29) is 11.9 Å². The number of carbonyl (C=O) groups is 1. The van der Waals surface area contributed by atoms with E-state index in [1.807, 2.05) is 12.1 Å². The first-order valence-corrected chi connectivity index (χ1v) is 7.62. The van der Waals surface area contributed by atoms with Crippen LogP contribution < -0.4 is 4.74 Å². The average molecular weight is 312 g/mol. The lowest BCUT2D eigenvalue weighted by molar-refractivity contribution is -0.149. The molecule has 1 aliphatic heterocycles. The van der Waals surface area contributed by atoms with Crippen molar-refractivity contribution in [1.29, 1.82) is 0 Å². The number of carbonyl (C=O) groups excluding carboxylic acids is 1. The molecule has 1 aromatic rings. The second-order valence-electron chi connectivity index (χ2n) is 5.54. The summed E-state index contributed by atoms with van der Waals surface area (Å²) in [5.41, 5.74) is 0. The summed E-state index contributed by atoms with van der Waals surface area (Å²) in [4.78, 5) is 14.3. The highest BCUT2D eigenvalue weighted by atomic mass is 35.5. The molecule has 0 N–H and O–H groups in total. The van der Waals surface area contributed by atoms with Crippen molar-refractivity contribution < 1.29 is 14.3 Å². The third-order valence-electron chi connectivity index (χ3n) is 4.06. The van der Waals surface area contributed by atoms with Gasteiger partial charge in [-0.05, 0) is 57.1 Å². The Labute approximate surface area is 131 Å². The van der Waals surface area contributed by atoms with Gasteiger partial charge in [-0.15, -0.1) is 0 Å². The summed E-state index contributed by atoms with van der Waals surface area (Å²) in [5.74, 6) is 0.589. The van der Waals surface area contributed by atoms with E-state index in [1.165, 1.54) is 7.11 Å².